The first-order chi connectivity index (χ1) is 13.9. The van der Waals surface area contributed by atoms with Crippen molar-refractivity contribution in [2.45, 2.75) is 13.0 Å². The third-order valence-electron chi connectivity index (χ3n) is 4.44. The molecule has 0 aliphatic carbocycles. The van der Waals surface area contributed by atoms with E-state index in [2.05, 4.69) is 10.6 Å². The van der Waals surface area contributed by atoms with E-state index in [1.54, 1.807) is 24.3 Å². The summed E-state index contributed by atoms with van der Waals surface area (Å²) in [7, 11) is 0. The summed E-state index contributed by atoms with van der Waals surface area (Å²) in [5, 5.41) is 15.7. The summed E-state index contributed by atoms with van der Waals surface area (Å²) in [5.41, 5.74) is 4.20. The van der Waals surface area contributed by atoms with E-state index < -0.39 is 17.9 Å². The lowest BCUT2D eigenvalue weighted by molar-refractivity contribution is -0.131. The van der Waals surface area contributed by atoms with E-state index in [-0.39, 0.29) is 6.54 Å². The number of aliphatic hydroxyl groups is 1. The topological polar surface area (TPSA) is 78.4 Å². The molecule has 0 radical (unpaired) electrons. The van der Waals surface area contributed by atoms with Crippen molar-refractivity contribution in [3.8, 4) is 11.1 Å². The van der Waals surface area contributed by atoms with Crippen molar-refractivity contribution < 1.29 is 14.7 Å². The van der Waals surface area contributed by atoms with Crippen molar-refractivity contribution in [2.24, 2.45) is 0 Å². The average molecular weight is 409 g/mol. The highest BCUT2D eigenvalue weighted by Crippen LogP contribution is 2.25. The largest absolute Gasteiger partial charge is 0.378 e. The van der Waals surface area contributed by atoms with Crippen LogP contribution in [0.15, 0.2) is 72.8 Å². The lowest BCUT2D eigenvalue weighted by Crippen LogP contribution is -2.36. The standard InChI is InChI=1S/C23H21ClN2O3/c1-15-6-2-3-11-20(15)16-7-5-10-19(13-16)26-21(27)14-25-23(29)22(28)17-8-4-9-18(24)12-17/h2-13,22,28H,14H2,1H3,(H,25,29)(H,26,27)/t22-/m0/s1. The van der Waals surface area contributed by atoms with Gasteiger partial charge in [0.2, 0.25) is 5.91 Å². The first-order valence-corrected chi connectivity index (χ1v) is 9.49. The predicted octanol–water partition coefficient (Wildman–Crippen LogP) is 4.10. The van der Waals surface area contributed by atoms with Crippen molar-refractivity contribution in [2.75, 3.05) is 11.9 Å². The average Bonchev–Trinajstić information content (AvgIpc) is 2.72. The number of benzene rings is 3. The molecule has 5 nitrogen and oxygen atoms in total. The summed E-state index contributed by atoms with van der Waals surface area (Å²) in [6.45, 7) is 1.77. The first-order valence-electron chi connectivity index (χ1n) is 9.11. The third-order valence-corrected chi connectivity index (χ3v) is 4.67. The van der Waals surface area contributed by atoms with Gasteiger partial charge in [-0.3, -0.25) is 9.59 Å². The highest BCUT2D eigenvalue weighted by molar-refractivity contribution is 6.30. The van der Waals surface area contributed by atoms with Gasteiger partial charge in [0, 0.05) is 10.7 Å². The molecule has 0 heterocycles. The number of hydrogen-bond acceptors (Lipinski definition) is 3. The number of anilines is 1. The Bertz CT molecular complexity index is 1040. The zero-order chi connectivity index (χ0) is 20.8. The zero-order valence-electron chi connectivity index (χ0n) is 15.9. The lowest BCUT2D eigenvalue weighted by Gasteiger charge is -2.13. The molecule has 3 aromatic carbocycles. The van der Waals surface area contributed by atoms with Crippen LogP contribution in [0, 0.1) is 6.92 Å². The van der Waals surface area contributed by atoms with Crippen LogP contribution in [-0.4, -0.2) is 23.5 Å². The van der Waals surface area contributed by atoms with Crippen LogP contribution in [0.2, 0.25) is 5.02 Å². The molecular formula is C23H21ClN2O3. The van der Waals surface area contributed by atoms with Crippen molar-refractivity contribution in [3.05, 3.63) is 88.9 Å². The van der Waals surface area contributed by atoms with Gasteiger partial charge in [0.15, 0.2) is 6.10 Å². The third kappa shape index (κ3) is 5.44. The van der Waals surface area contributed by atoms with Gasteiger partial charge in [-0.25, -0.2) is 0 Å². The first kappa shape index (κ1) is 20.6. The summed E-state index contributed by atoms with van der Waals surface area (Å²) in [6, 6.07) is 21.9. The second-order valence-corrected chi connectivity index (χ2v) is 7.06. The van der Waals surface area contributed by atoms with Crippen molar-refractivity contribution in [3.63, 3.8) is 0 Å². The van der Waals surface area contributed by atoms with Crippen LogP contribution in [0.5, 0.6) is 0 Å². The molecule has 0 unspecified atom stereocenters. The molecule has 1 atom stereocenters. The molecule has 3 N–H and O–H groups in total. The summed E-state index contributed by atoms with van der Waals surface area (Å²) in [6.07, 6.45) is -1.40. The molecule has 3 rings (SSSR count). The van der Waals surface area contributed by atoms with Gasteiger partial charge in [-0.15, -0.1) is 0 Å². The van der Waals surface area contributed by atoms with E-state index in [4.69, 9.17) is 11.6 Å². The maximum atomic E-state index is 12.2. The number of aryl methyl sites for hydroxylation is 1. The summed E-state index contributed by atoms with van der Waals surface area (Å²) in [4.78, 5) is 24.3. The normalized spacial score (nSPS) is 11.6. The van der Waals surface area contributed by atoms with Gasteiger partial charge in [-0.05, 0) is 53.4 Å². The molecule has 0 saturated heterocycles. The maximum Gasteiger partial charge on any atom is 0.253 e. The van der Waals surface area contributed by atoms with Gasteiger partial charge in [-0.1, -0.05) is 60.1 Å². The molecule has 0 fully saturated rings. The van der Waals surface area contributed by atoms with Crippen LogP contribution in [-0.2, 0) is 9.59 Å². The van der Waals surface area contributed by atoms with E-state index in [0.29, 0.717) is 16.3 Å². The maximum absolute atomic E-state index is 12.2. The van der Waals surface area contributed by atoms with E-state index in [1.165, 1.54) is 6.07 Å². The molecule has 0 aliphatic heterocycles. The lowest BCUT2D eigenvalue weighted by atomic mass is 10.0. The number of aliphatic hydroxyl groups excluding tert-OH is 1. The van der Waals surface area contributed by atoms with E-state index in [0.717, 1.165) is 16.7 Å². The fraction of sp³-hybridized carbons (Fsp3) is 0.130. The Balaban J connectivity index is 1.59. The highest BCUT2D eigenvalue weighted by Gasteiger charge is 2.18. The van der Waals surface area contributed by atoms with Gasteiger partial charge >= 0.3 is 0 Å². The fourth-order valence-corrected chi connectivity index (χ4v) is 3.16. The van der Waals surface area contributed by atoms with E-state index in [1.807, 2.05) is 49.4 Å². The number of hydrogen-bond donors (Lipinski definition) is 3. The summed E-state index contributed by atoms with van der Waals surface area (Å²) < 4.78 is 0. The Kier molecular flexibility index (Phi) is 6.65. The predicted molar refractivity (Wildman–Crippen MR) is 115 cm³/mol. The molecule has 29 heavy (non-hydrogen) atoms. The number of rotatable bonds is 6. The van der Waals surface area contributed by atoms with Gasteiger partial charge in [0.05, 0.1) is 6.54 Å². The number of nitrogens with one attached hydrogen (secondary N) is 2. The Morgan fingerprint density at radius 2 is 1.76 bits per heavy atom. The van der Waals surface area contributed by atoms with Crippen LogP contribution in [0.4, 0.5) is 5.69 Å². The molecule has 6 heteroatoms. The smallest absolute Gasteiger partial charge is 0.253 e. The minimum atomic E-state index is -1.40. The molecular weight excluding hydrogens is 388 g/mol. The zero-order valence-corrected chi connectivity index (χ0v) is 16.6. The van der Waals surface area contributed by atoms with Crippen LogP contribution < -0.4 is 10.6 Å². The summed E-state index contributed by atoms with van der Waals surface area (Å²) in [5.74, 6) is -1.06. The van der Waals surface area contributed by atoms with Crippen molar-refractivity contribution in [1.29, 1.82) is 0 Å². The van der Waals surface area contributed by atoms with Crippen LogP contribution in [0.25, 0.3) is 11.1 Å². The van der Waals surface area contributed by atoms with Crippen molar-refractivity contribution in [1.82, 2.24) is 5.32 Å². The molecule has 3 aromatic rings. The molecule has 0 spiro atoms. The second-order valence-electron chi connectivity index (χ2n) is 6.62. The minimum Gasteiger partial charge on any atom is -0.378 e. The minimum absolute atomic E-state index is 0.259. The molecule has 0 saturated carbocycles. The van der Waals surface area contributed by atoms with Crippen molar-refractivity contribution >= 4 is 29.1 Å². The van der Waals surface area contributed by atoms with Gasteiger partial charge in [0.1, 0.15) is 0 Å². The van der Waals surface area contributed by atoms with Crippen LogP contribution in [0.1, 0.15) is 17.2 Å². The van der Waals surface area contributed by atoms with Crippen LogP contribution in [0.3, 0.4) is 0 Å². The number of carbonyl (C=O) groups is 2. The molecule has 148 valence electrons. The second kappa shape index (κ2) is 9.37. The SMILES string of the molecule is Cc1ccccc1-c1cccc(NC(=O)CNC(=O)[C@@H](O)c2cccc(Cl)c2)c1. The quantitative estimate of drug-likeness (QED) is 0.574. The monoisotopic (exact) mass is 408 g/mol. The van der Waals surface area contributed by atoms with Gasteiger partial charge in [-0.2, -0.15) is 0 Å². The number of halogens is 1. The Labute approximate surface area is 174 Å². The Hall–Kier alpha value is -3.15. The Morgan fingerprint density at radius 1 is 1.00 bits per heavy atom. The number of carbonyl (C=O) groups excluding carboxylic acids is 2. The number of amides is 2. The highest BCUT2D eigenvalue weighted by atomic mass is 35.5. The van der Waals surface area contributed by atoms with Gasteiger partial charge in [0.25, 0.3) is 5.91 Å². The fourth-order valence-electron chi connectivity index (χ4n) is 2.96. The molecule has 0 aliphatic rings. The van der Waals surface area contributed by atoms with Gasteiger partial charge < -0.3 is 15.7 Å². The molecule has 0 aromatic heterocycles. The Morgan fingerprint density at radius 3 is 2.52 bits per heavy atom. The van der Waals surface area contributed by atoms with E-state index in [9.17, 15) is 14.7 Å². The summed E-state index contributed by atoms with van der Waals surface area (Å²) >= 11 is 5.87. The molecule has 2 amide bonds. The molecule has 0 bridgehead atoms. The van der Waals surface area contributed by atoms with Crippen LogP contribution >= 0.6 is 11.6 Å². The van der Waals surface area contributed by atoms with E-state index >= 15 is 0 Å².